The van der Waals surface area contributed by atoms with Gasteiger partial charge in [-0.2, -0.15) is 0 Å². The van der Waals surface area contributed by atoms with Gasteiger partial charge in [-0.1, -0.05) is 6.07 Å². The van der Waals surface area contributed by atoms with E-state index in [1.54, 1.807) is 6.92 Å². The number of hydrogen-bond acceptors (Lipinski definition) is 4. The molecule has 0 spiro atoms. The van der Waals surface area contributed by atoms with Gasteiger partial charge in [-0.25, -0.2) is 13.2 Å². The number of carboxylic acid groups (broad SMARTS) is 1. The lowest BCUT2D eigenvalue weighted by Crippen LogP contribution is -2.13. The first-order chi connectivity index (χ1) is 9.29. The number of anilines is 1. The summed E-state index contributed by atoms with van der Waals surface area (Å²) in [7, 11) is -3.73. The molecule has 106 valence electrons. The first-order valence-electron chi connectivity index (χ1n) is 5.42. The summed E-state index contributed by atoms with van der Waals surface area (Å²) in [6.45, 7) is 1.71. The maximum Gasteiger partial charge on any atom is 0.335 e. The quantitative estimate of drug-likeness (QED) is 0.858. The van der Waals surface area contributed by atoms with Crippen molar-refractivity contribution in [2.24, 2.45) is 0 Å². The van der Waals surface area contributed by atoms with Crippen LogP contribution >= 0.6 is 27.3 Å². The summed E-state index contributed by atoms with van der Waals surface area (Å²) in [5, 5.41) is 8.89. The van der Waals surface area contributed by atoms with Crippen LogP contribution in [0, 0.1) is 6.92 Å². The predicted molar refractivity (Wildman–Crippen MR) is 81.0 cm³/mol. The minimum atomic E-state index is -3.73. The Morgan fingerprint density at radius 1 is 1.35 bits per heavy atom. The van der Waals surface area contributed by atoms with Gasteiger partial charge in [0.25, 0.3) is 10.0 Å². The van der Waals surface area contributed by atoms with Gasteiger partial charge < -0.3 is 5.11 Å². The number of aryl methyl sites for hydroxylation is 1. The van der Waals surface area contributed by atoms with E-state index in [1.807, 2.05) is 0 Å². The van der Waals surface area contributed by atoms with Crippen molar-refractivity contribution in [2.45, 2.75) is 11.8 Å². The molecule has 0 aliphatic heterocycles. The Bertz CT molecular complexity index is 768. The van der Waals surface area contributed by atoms with Gasteiger partial charge in [-0.15, -0.1) is 11.3 Å². The van der Waals surface area contributed by atoms with E-state index < -0.39 is 16.0 Å². The fourth-order valence-corrected chi connectivity index (χ4v) is 5.09. The van der Waals surface area contributed by atoms with E-state index in [0.717, 1.165) is 3.79 Å². The van der Waals surface area contributed by atoms with Crippen molar-refractivity contribution in [3.05, 3.63) is 44.6 Å². The minimum Gasteiger partial charge on any atom is -0.478 e. The van der Waals surface area contributed by atoms with E-state index in [1.165, 1.54) is 41.7 Å². The van der Waals surface area contributed by atoms with Gasteiger partial charge in [0.2, 0.25) is 0 Å². The Labute approximate surface area is 128 Å². The largest absolute Gasteiger partial charge is 0.478 e. The Balaban J connectivity index is 2.36. The smallest absolute Gasteiger partial charge is 0.335 e. The number of aromatic carboxylic acids is 1. The first kappa shape index (κ1) is 15.0. The SMILES string of the molecule is Cc1sc(Br)cc1S(=O)(=O)Nc1cccc(C(=O)O)c1. The van der Waals surface area contributed by atoms with Crippen molar-refractivity contribution in [1.82, 2.24) is 0 Å². The molecule has 1 aromatic heterocycles. The molecule has 0 fully saturated rings. The van der Waals surface area contributed by atoms with Crippen LogP contribution in [-0.4, -0.2) is 19.5 Å². The zero-order valence-electron chi connectivity index (χ0n) is 10.3. The van der Waals surface area contributed by atoms with Crippen LogP contribution in [0.1, 0.15) is 15.2 Å². The summed E-state index contributed by atoms with van der Waals surface area (Å²) >= 11 is 4.56. The highest BCUT2D eigenvalue weighted by Gasteiger charge is 2.20. The molecule has 0 aliphatic rings. The summed E-state index contributed by atoms with van der Waals surface area (Å²) in [6.07, 6.45) is 0. The van der Waals surface area contributed by atoms with Crippen molar-refractivity contribution in [3.8, 4) is 0 Å². The Morgan fingerprint density at radius 3 is 2.60 bits per heavy atom. The molecule has 1 heterocycles. The normalized spacial score (nSPS) is 11.3. The molecule has 20 heavy (non-hydrogen) atoms. The van der Waals surface area contributed by atoms with Gasteiger partial charge in [0, 0.05) is 10.6 Å². The number of rotatable bonds is 4. The lowest BCUT2D eigenvalue weighted by atomic mass is 10.2. The monoisotopic (exact) mass is 375 g/mol. The van der Waals surface area contributed by atoms with Crippen LogP contribution in [0.2, 0.25) is 0 Å². The Kier molecular flexibility index (Phi) is 4.17. The second-order valence-corrected chi connectivity index (χ2v) is 8.25. The zero-order valence-corrected chi connectivity index (χ0v) is 13.5. The molecule has 0 aliphatic carbocycles. The second kappa shape index (κ2) is 5.55. The molecule has 2 rings (SSSR count). The van der Waals surface area contributed by atoms with E-state index in [0.29, 0.717) is 4.88 Å². The van der Waals surface area contributed by atoms with Crippen LogP contribution < -0.4 is 4.72 Å². The molecule has 0 saturated carbocycles. The van der Waals surface area contributed by atoms with Gasteiger partial charge >= 0.3 is 5.97 Å². The molecule has 1 aromatic carbocycles. The van der Waals surface area contributed by atoms with E-state index in [9.17, 15) is 13.2 Å². The summed E-state index contributed by atoms with van der Waals surface area (Å²) < 4.78 is 27.6. The third-order valence-corrected chi connectivity index (χ3v) is 5.68. The molecular weight excluding hydrogens is 366 g/mol. The summed E-state index contributed by atoms with van der Waals surface area (Å²) in [6, 6.07) is 7.17. The first-order valence-corrected chi connectivity index (χ1v) is 8.51. The number of nitrogens with one attached hydrogen (secondary N) is 1. The number of halogens is 1. The Hall–Kier alpha value is -1.38. The van der Waals surface area contributed by atoms with Crippen LogP contribution in [0.25, 0.3) is 0 Å². The second-order valence-electron chi connectivity index (χ2n) is 3.96. The molecular formula is C12H10BrNO4S2. The van der Waals surface area contributed by atoms with Crippen molar-refractivity contribution >= 4 is 48.9 Å². The Morgan fingerprint density at radius 2 is 2.05 bits per heavy atom. The van der Waals surface area contributed by atoms with Crippen molar-refractivity contribution in [1.29, 1.82) is 0 Å². The van der Waals surface area contributed by atoms with Gasteiger partial charge in [0.05, 0.1) is 9.35 Å². The number of carbonyl (C=O) groups is 1. The van der Waals surface area contributed by atoms with Gasteiger partial charge in [-0.05, 0) is 47.1 Å². The van der Waals surface area contributed by atoms with Gasteiger partial charge in [-0.3, -0.25) is 4.72 Å². The summed E-state index contributed by atoms with van der Waals surface area (Å²) in [4.78, 5) is 11.7. The van der Waals surface area contributed by atoms with Gasteiger partial charge in [0.1, 0.15) is 4.90 Å². The van der Waals surface area contributed by atoms with Crippen LogP contribution in [0.4, 0.5) is 5.69 Å². The molecule has 0 saturated heterocycles. The molecule has 0 bridgehead atoms. The standard InChI is InChI=1S/C12H10BrNO4S2/c1-7-10(6-11(13)19-7)20(17,18)14-9-4-2-3-8(5-9)12(15)16/h2-6,14H,1H3,(H,15,16). The lowest BCUT2D eigenvalue weighted by molar-refractivity contribution is 0.0697. The predicted octanol–water partition coefficient (Wildman–Crippen LogP) is 3.32. The van der Waals surface area contributed by atoms with Crippen molar-refractivity contribution < 1.29 is 18.3 Å². The molecule has 0 atom stereocenters. The highest BCUT2D eigenvalue weighted by atomic mass is 79.9. The van der Waals surface area contributed by atoms with E-state index in [-0.39, 0.29) is 16.1 Å². The third kappa shape index (κ3) is 3.20. The fraction of sp³-hybridized carbons (Fsp3) is 0.0833. The van der Waals surface area contributed by atoms with Gasteiger partial charge in [0.15, 0.2) is 0 Å². The molecule has 0 radical (unpaired) electrons. The zero-order chi connectivity index (χ0) is 14.9. The maximum atomic E-state index is 12.2. The van der Waals surface area contributed by atoms with E-state index in [4.69, 9.17) is 5.11 Å². The third-order valence-electron chi connectivity index (χ3n) is 2.49. The lowest BCUT2D eigenvalue weighted by Gasteiger charge is -2.08. The summed E-state index contributed by atoms with van der Waals surface area (Å²) in [5.41, 5.74) is 0.236. The van der Waals surface area contributed by atoms with Crippen LogP contribution in [0.3, 0.4) is 0 Å². The minimum absolute atomic E-state index is 0.0217. The molecule has 0 amide bonds. The highest BCUT2D eigenvalue weighted by Crippen LogP contribution is 2.30. The average Bonchev–Trinajstić information content (AvgIpc) is 2.69. The number of carboxylic acids is 1. The number of hydrogen-bond donors (Lipinski definition) is 2. The van der Waals surface area contributed by atoms with E-state index >= 15 is 0 Å². The van der Waals surface area contributed by atoms with Crippen molar-refractivity contribution in [2.75, 3.05) is 4.72 Å². The van der Waals surface area contributed by atoms with E-state index in [2.05, 4.69) is 20.7 Å². The molecule has 5 nitrogen and oxygen atoms in total. The average molecular weight is 376 g/mol. The van der Waals surface area contributed by atoms with Crippen LogP contribution in [0.5, 0.6) is 0 Å². The number of sulfonamides is 1. The maximum absolute atomic E-state index is 12.2. The molecule has 8 heteroatoms. The molecule has 2 N–H and O–H groups in total. The fourth-order valence-electron chi connectivity index (χ4n) is 1.62. The topological polar surface area (TPSA) is 83.5 Å². The number of thiophene rings is 1. The molecule has 0 unspecified atom stereocenters. The molecule has 2 aromatic rings. The van der Waals surface area contributed by atoms with Crippen LogP contribution in [-0.2, 0) is 10.0 Å². The summed E-state index contributed by atoms with van der Waals surface area (Å²) in [5.74, 6) is -1.11. The number of benzene rings is 1. The van der Waals surface area contributed by atoms with Crippen molar-refractivity contribution in [3.63, 3.8) is 0 Å². The highest BCUT2D eigenvalue weighted by molar-refractivity contribution is 9.11. The van der Waals surface area contributed by atoms with Crippen LogP contribution in [0.15, 0.2) is 39.0 Å².